The molecule has 1 aliphatic rings. The average molecular weight is 266 g/mol. The van der Waals surface area contributed by atoms with Crippen molar-refractivity contribution < 1.29 is 9.90 Å². The molecule has 2 N–H and O–H groups in total. The van der Waals surface area contributed by atoms with Crippen LogP contribution in [0.5, 0.6) is 0 Å². The lowest BCUT2D eigenvalue weighted by Crippen LogP contribution is -2.57. The van der Waals surface area contributed by atoms with E-state index in [1.165, 1.54) is 6.20 Å². The predicted molar refractivity (Wildman–Crippen MR) is 70.5 cm³/mol. The summed E-state index contributed by atoms with van der Waals surface area (Å²) in [4.78, 5) is 29.2. The second-order valence-electron chi connectivity index (χ2n) is 4.81. The zero-order valence-electron chi connectivity index (χ0n) is 11.0. The van der Waals surface area contributed by atoms with Gasteiger partial charge in [-0.3, -0.25) is 4.79 Å². The topological polar surface area (TPSA) is 87.5 Å². The van der Waals surface area contributed by atoms with Crippen molar-refractivity contribution in [2.24, 2.45) is 0 Å². The molecule has 19 heavy (non-hydrogen) atoms. The molecule has 0 aromatic carbocycles. The van der Waals surface area contributed by atoms with Crippen molar-refractivity contribution >= 4 is 11.8 Å². The molecule has 1 aromatic rings. The van der Waals surface area contributed by atoms with E-state index in [-0.39, 0.29) is 17.4 Å². The molecule has 1 aromatic heterocycles. The molecule has 2 rings (SSSR count). The standard InChI is InChI=1S/C12H18N4O3/c1-8(2)15-6-4-14-10(11(15)17)16-5-3-13-7-9(16)12(18)19/h4,6,8-9,13H,3,5,7H2,1-2H3,(H,18,19). The van der Waals surface area contributed by atoms with Crippen molar-refractivity contribution in [3.8, 4) is 0 Å². The molecule has 1 atom stereocenters. The van der Waals surface area contributed by atoms with Crippen LogP contribution in [-0.2, 0) is 4.79 Å². The Kier molecular flexibility index (Phi) is 3.84. The van der Waals surface area contributed by atoms with Gasteiger partial charge in [0.1, 0.15) is 6.04 Å². The number of aromatic nitrogens is 2. The van der Waals surface area contributed by atoms with Crippen LogP contribution in [-0.4, -0.2) is 46.3 Å². The molecule has 0 spiro atoms. The van der Waals surface area contributed by atoms with Crippen molar-refractivity contribution in [3.63, 3.8) is 0 Å². The molecule has 0 saturated carbocycles. The first-order valence-corrected chi connectivity index (χ1v) is 6.29. The fraction of sp³-hybridized carbons (Fsp3) is 0.583. The second kappa shape index (κ2) is 5.40. The first-order chi connectivity index (χ1) is 9.02. The number of hydrogen-bond donors (Lipinski definition) is 2. The van der Waals surface area contributed by atoms with Crippen molar-refractivity contribution in [1.82, 2.24) is 14.9 Å². The summed E-state index contributed by atoms with van der Waals surface area (Å²) >= 11 is 0. The number of carbonyl (C=O) groups is 1. The van der Waals surface area contributed by atoms with Crippen LogP contribution in [0.4, 0.5) is 5.82 Å². The Morgan fingerprint density at radius 1 is 1.58 bits per heavy atom. The summed E-state index contributed by atoms with van der Waals surface area (Å²) in [6.45, 7) is 5.21. The Morgan fingerprint density at radius 3 is 2.95 bits per heavy atom. The van der Waals surface area contributed by atoms with Crippen LogP contribution in [0.3, 0.4) is 0 Å². The first kappa shape index (κ1) is 13.5. The third kappa shape index (κ3) is 2.60. The van der Waals surface area contributed by atoms with Gasteiger partial charge in [-0.25, -0.2) is 9.78 Å². The van der Waals surface area contributed by atoms with E-state index in [4.69, 9.17) is 0 Å². The summed E-state index contributed by atoms with van der Waals surface area (Å²) in [6.07, 6.45) is 3.16. The zero-order valence-corrected chi connectivity index (χ0v) is 11.0. The van der Waals surface area contributed by atoms with Gasteiger partial charge in [-0.1, -0.05) is 0 Å². The van der Waals surface area contributed by atoms with Crippen molar-refractivity contribution in [3.05, 3.63) is 22.7 Å². The largest absolute Gasteiger partial charge is 0.480 e. The Balaban J connectivity index is 2.42. The Labute approximate surface area is 110 Å². The molecule has 1 unspecified atom stereocenters. The highest BCUT2D eigenvalue weighted by atomic mass is 16.4. The van der Waals surface area contributed by atoms with Gasteiger partial charge in [0.15, 0.2) is 5.82 Å². The minimum absolute atomic E-state index is 0.0143. The Bertz CT molecular complexity index is 526. The molecule has 1 aliphatic heterocycles. The summed E-state index contributed by atoms with van der Waals surface area (Å²) in [5.41, 5.74) is -0.245. The van der Waals surface area contributed by atoms with E-state index < -0.39 is 12.0 Å². The van der Waals surface area contributed by atoms with Crippen LogP contribution in [0, 0.1) is 0 Å². The van der Waals surface area contributed by atoms with E-state index in [2.05, 4.69) is 10.3 Å². The van der Waals surface area contributed by atoms with E-state index in [1.807, 2.05) is 13.8 Å². The molecule has 104 valence electrons. The highest BCUT2D eigenvalue weighted by molar-refractivity contribution is 5.78. The van der Waals surface area contributed by atoms with Gasteiger partial charge < -0.3 is 19.9 Å². The van der Waals surface area contributed by atoms with Crippen molar-refractivity contribution in [1.29, 1.82) is 0 Å². The molecular formula is C12H18N4O3. The van der Waals surface area contributed by atoms with Gasteiger partial charge in [0.25, 0.3) is 5.56 Å². The van der Waals surface area contributed by atoms with Gasteiger partial charge in [-0.15, -0.1) is 0 Å². The van der Waals surface area contributed by atoms with Crippen LogP contribution < -0.4 is 15.8 Å². The highest BCUT2D eigenvalue weighted by Gasteiger charge is 2.31. The minimum Gasteiger partial charge on any atom is -0.480 e. The zero-order chi connectivity index (χ0) is 14.0. The maximum atomic E-state index is 12.3. The molecule has 1 fully saturated rings. The fourth-order valence-corrected chi connectivity index (χ4v) is 2.20. The predicted octanol–water partition coefficient (Wildman–Crippen LogP) is -0.313. The third-order valence-corrected chi connectivity index (χ3v) is 3.21. The van der Waals surface area contributed by atoms with Crippen molar-refractivity contribution in [2.75, 3.05) is 24.5 Å². The lowest BCUT2D eigenvalue weighted by molar-refractivity contribution is -0.138. The number of nitrogens with zero attached hydrogens (tertiary/aromatic N) is 3. The number of piperazine rings is 1. The van der Waals surface area contributed by atoms with E-state index in [1.54, 1.807) is 15.7 Å². The van der Waals surface area contributed by atoms with E-state index in [0.717, 1.165) is 0 Å². The van der Waals surface area contributed by atoms with E-state index in [9.17, 15) is 14.7 Å². The summed E-state index contributed by atoms with van der Waals surface area (Å²) in [5, 5.41) is 12.2. The molecule has 7 nitrogen and oxygen atoms in total. The van der Waals surface area contributed by atoms with Gasteiger partial charge in [0, 0.05) is 38.1 Å². The molecule has 0 bridgehead atoms. The minimum atomic E-state index is -0.951. The molecule has 0 aliphatic carbocycles. The van der Waals surface area contributed by atoms with Crippen LogP contribution in [0.15, 0.2) is 17.2 Å². The van der Waals surface area contributed by atoms with Crippen LogP contribution in [0.25, 0.3) is 0 Å². The number of nitrogens with one attached hydrogen (secondary N) is 1. The molecule has 7 heteroatoms. The molecule has 2 heterocycles. The summed E-state index contributed by atoms with van der Waals surface area (Å²) < 4.78 is 1.56. The van der Waals surface area contributed by atoms with Crippen molar-refractivity contribution in [2.45, 2.75) is 25.9 Å². The third-order valence-electron chi connectivity index (χ3n) is 3.21. The van der Waals surface area contributed by atoms with E-state index >= 15 is 0 Å². The number of carboxylic acids is 1. The van der Waals surface area contributed by atoms with Gasteiger partial charge in [-0.2, -0.15) is 0 Å². The number of aliphatic carboxylic acids is 1. The second-order valence-corrected chi connectivity index (χ2v) is 4.81. The molecule has 0 amide bonds. The number of hydrogen-bond acceptors (Lipinski definition) is 5. The van der Waals surface area contributed by atoms with Gasteiger partial charge in [0.2, 0.25) is 0 Å². The Morgan fingerprint density at radius 2 is 2.32 bits per heavy atom. The van der Waals surface area contributed by atoms with Crippen LogP contribution in [0.1, 0.15) is 19.9 Å². The van der Waals surface area contributed by atoms with Crippen LogP contribution >= 0.6 is 0 Å². The first-order valence-electron chi connectivity index (χ1n) is 6.29. The number of anilines is 1. The van der Waals surface area contributed by atoms with Gasteiger partial charge in [-0.05, 0) is 13.8 Å². The average Bonchev–Trinajstić information content (AvgIpc) is 2.38. The molecule has 0 radical (unpaired) electrons. The monoisotopic (exact) mass is 266 g/mol. The smallest absolute Gasteiger partial charge is 0.327 e. The maximum Gasteiger partial charge on any atom is 0.327 e. The highest BCUT2D eigenvalue weighted by Crippen LogP contribution is 2.12. The van der Waals surface area contributed by atoms with Gasteiger partial charge >= 0.3 is 5.97 Å². The van der Waals surface area contributed by atoms with Gasteiger partial charge in [0.05, 0.1) is 0 Å². The molecular weight excluding hydrogens is 248 g/mol. The maximum absolute atomic E-state index is 12.3. The number of rotatable bonds is 3. The lowest BCUT2D eigenvalue weighted by atomic mass is 10.2. The molecule has 1 saturated heterocycles. The SMILES string of the molecule is CC(C)n1ccnc(N2CCNCC2C(=O)O)c1=O. The lowest BCUT2D eigenvalue weighted by Gasteiger charge is -2.34. The fourth-order valence-electron chi connectivity index (χ4n) is 2.20. The summed E-state index contributed by atoms with van der Waals surface area (Å²) in [6, 6.07) is -0.739. The number of carboxylic acid groups (broad SMARTS) is 1. The Hall–Kier alpha value is -1.89. The summed E-state index contributed by atoms with van der Waals surface area (Å²) in [7, 11) is 0. The normalized spacial score (nSPS) is 19.7. The van der Waals surface area contributed by atoms with Crippen LogP contribution in [0.2, 0.25) is 0 Å². The summed E-state index contributed by atoms with van der Waals surface area (Å²) in [5.74, 6) is -0.738. The van der Waals surface area contributed by atoms with E-state index in [0.29, 0.717) is 19.6 Å². The quantitative estimate of drug-likeness (QED) is 0.780.